The maximum atomic E-state index is 12.9. The summed E-state index contributed by atoms with van der Waals surface area (Å²) in [7, 11) is 0. The number of aliphatic hydroxyl groups excluding tert-OH is 14. The second-order valence-electron chi connectivity index (χ2n) is 27.3. The molecular formula is C57H92O26. The number of allylic oxidation sites excluding steroid dienone is 2. The van der Waals surface area contributed by atoms with Gasteiger partial charge in [0.25, 0.3) is 0 Å². The van der Waals surface area contributed by atoms with Gasteiger partial charge in [-0.2, -0.15) is 0 Å². The van der Waals surface area contributed by atoms with Gasteiger partial charge in [0.05, 0.1) is 50.7 Å². The molecule has 4 saturated heterocycles. The fourth-order valence-electron chi connectivity index (χ4n) is 17.2. The molecule has 9 aliphatic rings. The molecule has 0 bridgehead atoms. The zero-order valence-corrected chi connectivity index (χ0v) is 48.7. The van der Waals surface area contributed by atoms with Crippen molar-refractivity contribution >= 4 is 11.9 Å². The largest absolute Gasteiger partial charge is 0.458 e. The third-order valence-corrected chi connectivity index (χ3v) is 21.9. The molecule has 30 atom stereocenters. The van der Waals surface area contributed by atoms with Gasteiger partial charge in [-0.15, -0.1) is 0 Å². The molecule has 5 aliphatic carbocycles. The topological polar surface area (TPSA) is 410 Å². The molecule has 0 amide bonds. The summed E-state index contributed by atoms with van der Waals surface area (Å²) in [6.07, 6.45) is -30.6. The number of aliphatic hydroxyl groups is 14. The number of esters is 2. The van der Waals surface area contributed by atoms with Crippen LogP contribution in [0.4, 0.5) is 0 Å². The first kappa shape index (κ1) is 65.3. The van der Waals surface area contributed by atoms with Crippen molar-refractivity contribution in [1.82, 2.24) is 0 Å². The fraction of sp³-hybridized carbons (Fsp3) is 0.930. The third-order valence-electron chi connectivity index (χ3n) is 21.9. The molecule has 4 aliphatic heterocycles. The lowest BCUT2D eigenvalue weighted by atomic mass is 9.33. The second kappa shape index (κ2) is 24.0. The van der Waals surface area contributed by atoms with E-state index in [4.69, 9.17) is 47.4 Å². The van der Waals surface area contributed by atoms with E-state index in [2.05, 4.69) is 40.7 Å². The van der Waals surface area contributed by atoms with Crippen molar-refractivity contribution < 1.29 is 128 Å². The van der Waals surface area contributed by atoms with Gasteiger partial charge >= 0.3 is 11.9 Å². The summed E-state index contributed by atoms with van der Waals surface area (Å²) in [5, 5.41) is 154. The average Bonchev–Trinajstić information content (AvgIpc) is 0.824. The lowest BCUT2D eigenvalue weighted by Gasteiger charge is -2.72. The van der Waals surface area contributed by atoms with Crippen molar-refractivity contribution in [2.75, 3.05) is 33.0 Å². The van der Waals surface area contributed by atoms with Crippen LogP contribution in [0.1, 0.15) is 107 Å². The van der Waals surface area contributed by atoms with Crippen LogP contribution in [0.3, 0.4) is 0 Å². The minimum Gasteiger partial charge on any atom is -0.458 e. The molecule has 4 heterocycles. The molecule has 26 heteroatoms. The van der Waals surface area contributed by atoms with E-state index in [9.17, 15) is 81.1 Å². The van der Waals surface area contributed by atoms with Gasteiger partial charge in [0.15, 0.2) is 25.2 Å². The van der Waals surface area contributed by atoms with Crippen molar-refractivity contribution in [3.05, 3.63) is 11.6 Å². The van der Waals surface area contributed by atoms with Crippen molar-refractivity contribution in [2.24, 2.45) is 50.2 Å². The number of carbonyl (C=O) groups excluding carboxylic acids is 2. The van der Waals surface area contributed by atoms with Gasteiger partial charge in [0.1, 0.15) is 104 Å². The van der Waals surface area contributed by atoms with Gasteiger partial charge in [-0.3, -0.25) is 9.59 Å². The average molecular weight is 1190 g/mol. The Kier molecular flexibility index (Phi) is 18.8. The standard InChI is InChI=1S/C57H92O26/c1-23(61)76-46-47(77-24(2)62)57(22-60)26(16-52(46,3)4)25-10-11-32-54(7)14-13-34(53(5,6)31(54)12-15-55(32,8)56(25,9)17-33(57)64)81-51-45(39(69)37(67)30(80-51)21-75-48-41(71)35(65)27(63)20-74-48)83-50-43(73)40(70)44(29(19-59)79-50)82-49-42(72)38(68)36(66)28(18-58)78-49/h10,26-51,58-60,63-73H,11-22H2,1-9H3/t26-,27+,28+,29-,30-,31+,32+,33-,34+,35-,36+,37-,38+,39-,40-,41-,42-,43-,44-,45-,46-,47-,48-,49-,50-,51-,54+,55+,56-,57+/m1/s1. The quantitative estimate of drug-likeness (QED) is 0.0472. The number of fused-ring (bicyclic) bond motifs is 7. The number of rotatable bonds is 14. The Morgan fingerprint density at radius 2 is 1.16 bits per heavy atom. The zero-order valence-electron chi connectivity index (χ0n) is 48.7. The second-order valence-corrected chi connectivity index (χ2v) is 27.3. The SMILES string of the molecule is CC(=O)O[C@@H]1[C@@H](OC(C)=O)[C@]2(CO)[C@H](O)C[C@]3(C)C(=CC[C@H]4[C@@]5(C)CC[C@H](O[C@H]6O[C@H](CO[C@H]7OC[C@H](O)[C@@H](O)[C@H]7O)[C@@H](O)[C@@H](O)[C@H]6O[C@H]6O[C@H](CO)[C@@H](O[C@H]7O[C@@H](CO)[C@H](O)[C@H](O)[C@H]7O)[C@H](O)[C@H]6O)C(C)(C)[C@@H]5CC[C@@]43C)[C@H]2CC1(C)C. The van der Waals surface area contributed by atoms with Crippen LogP contribution in [0.25, 0.3) is 0 Å². The van der Waals surface area contributed by atoms with Crippen molar-refractivity contribution in [1.29, 1.82) is 0 Å². The summed E-state index contributed by atoms with van der Waals surface area (Å²) in [5.74, 6) is -1.63. The van der Waals surface area contributed by atoms with Gasteiger partial charge in [-0.1, -0.05) is 60.1 Å². The molecule has 0 spiro atoms. The van der Waals surface area contributed by atoms with Crippen LogP contribution >= 0.6 is 0 Å². The Labute approximate surface area is 482 Å². The minimum absolute atomic E-state index is 0.0317. The Hall–Kier alpha value is -2.20. The monoisotopic (exact) mass is 1190 g/mol. The van der Waals surface area contributed by atoms with Crippen LogP contribution in [0.15, 0.2) is 11.6 Å². The van der Waals surface area contributed by atoms with E-state index >= 15 is 0 Å². The molecular weight excluding hydrogens is 1100 g/mol. The first-order valence-corrected chi connectivity index (χ1v) is 29.3. The van der Waals surface area contributed by atoms with Crippen LogP contribution in [-0.4, -0.2) is 258 Å². The van der Waals surface area contributed by atoms with Gasteiger partial charge in [-0.05, 0) is 84.4 Å². The highest BCUT2D eigenvalue weighted by Crippen LogP contribution is 2.76. The summed E-state index contributed by atoms with van der Waals surface area (Å²) >= 11 is 0. The van der Waals surface area contributed by atoms with E-state index in [1.165, 1.54) is 13.8 Å². The zero-order chi connectivity index (χ0) is 61.0. The van der Waals surface area contributed by atoms with E-state index < -0.39 is 219 Å². The molecule has 476 valence electrons. The number of hydrogen-bond acceptors (Lipinski definition) is 26. The van der Waals surface area contributed by atoms with Crippen LogP contribution in [0, 0.1) is 50.2 Å². The normalized spacial score (nSPS) is 52.2. The van der Waals surface area contributed by atoms with Gasteiger partial charge in [0.2, 0.25) is 0 Å². The van der Waals surface area contributed by atoms with E-state index in [1.807, 2.05) is 13.8 Å². The summed E-state index contributed by atoms with van der Waals surface area (Å²) in [6.45, 7) is 14.3. The molecule has 8 fully saturated rings. The molecule has 0 aromatic rings. The van der Waals surface area contributed by atoms with Crippen molar-refractivity contribution in [3.63, 3.8) is 0 Å². The van der Waals surface area contributed by atoms with Gasteiger partial charge in [0, 0.05) is 19.3 Å². The highest BCUT2D eigenvalue weighted by molar-refractivity contribution is 5.68. The number of ether oxygens (including phenoxy) is 10. The van der Waals surface area contributed by atoms with Crippen molar-refractivity contribution in [2.45, 2.75) is 248 Å². The molecule has 4 saturated carbocycles. The highest BCUT2D eigenvalue weighted by atomic mass is 16.8. The van der Waals surface area contributed by atoms with E-state index in [1.54, 1.807) is 0 Å². The van der Waals surface area contributed by atoms with Crippen molar-refractivity contribution in [3.8, 4) is 0 Å². The van der Waals surface area contributed by atoms with Gasteiger partial charge in [-0.25, -0.2) is 0 Å². The van der Waals surface area contributed by atoms with E-state index in [-0.39, 0.29) is 23.7 Å². The molecule has 0 unspecified atom stereocenters. The smallest absolute Gasteiger partial charge is 0.303 e. The van der Waals surface area contributed by atoms with Crippen LogP contribution in [-0.2, 0) is 57.0 Å². The fourth-order valence-corrected chi connectivity index (χ4v) is 17.2. The predicted octanol–water partition coefficient (Wildman–Crippen LogP) is -2.87. The summed E-state index contributed by atoms with van der Waals surface area (Å²) < 4.78 is 59.9. The van der Waals surface area contributed by atoms with E-state index in [0.29, 0.717) is 38.5 Å². The highest BCUT2D eigenvalue weighted by Gasteiger charge is 2.74. The first-order valence-electron chi connectivity index (χ1n) is 29.3. The van der Waals surface area contributed by atoms with E-state index in [0.717, 1.165) is 5.57 Å². The Morgan fingerprint density at radius 3 is 1.78 bits per heavy atom. The summed E-state index contributed by atoms with van der Waals surface area (Å²) in [4.78, 5) is 25.4. The summed E-state index contributed by atoms with van der Waals surface area (Å²) in [6, 6.07) is 0. The maximum Gasteiger partial charge on any atom is 0.303 e. The van der Waals surface area contributed by atoms with Crippen LogP contribution < -0.4 is 0 Å². The number of carbonyl (C=O) groups is 2. The van der Waals surface area contributed by atoms with Crippen LogP contribution in [0.2, 0.25) is 0 Å². The Morgan fingerprint density at radius 1 is 0.590 bits per heavy atom. The third kappa shape index (κ3) is 10.9. The maximum absolute atomic E-state index is 12.9. The summed E-state index contributed by atoms with van der Waals surface area (Å²) in [5.41, 5.74) is -3.10. The predicted molar refractivity (Wildman–Crippen MR) is 280 cm³/mol. The molecule has 26 nitrogen and oxygen atoms in total. The molecule has 9 rings (SSSR count). The van der Waals surface area contributed by atoms with Crippen LogP contribution in [0.5, 0.6) is 0 Å². The minimum atomic E-state index is -2.05. The first-order chi connectivity index (χ1) is 38.8. The van der Waals surface area contributed by atoms with Gasteiger partial charge < -0.3 is 119 Å². The lowest BCUT2D eigenvalue weighted by Crippen LogP contribution is -2.72. The molecule has 0 aromatic heterocycles. The molecule has 0 aromatic carbocycles. The molecule has 14 N–H and O–H groups in total. The Balaban J connectivity index is 0.982. The molecule has 0 radical (unpaired) electrons. The molecule has 83 heavy (non-hydrogen) atoms. The Bertz CT molecular complexity index is 2320. The lowest BCUT2D eigenvalue weighted by molar-refractivity contribution is -0.392. The number of hydrogen-bond donors (Lipinski definition) is 14.